The number of hydrogen-bond donors (Lipinski definition) is 2. The van der Waals surface area contributed by atoms with E-state index in [4.69, 9.17) is 28.0 Å². The summed E-state index contributed by atoms with van der Waals surface area (Å²) in [6.07, 6.45) is 12.7. The molecule has 3 aliphatic heterocycles. The number of amides is 3. The molecule has 1 unspecified atom stereocenters. The molecule has 0 saturated carbocycles. The van der Waals surface area contributed by atoms with E-state index < -0.39 is 20.0 Å². The van der Waals surface area contributed by atoms with Crippen molar-refractivity contribution in [3.8, 4) is 0 Å². The van der Waals surface area contributed by atoms with Crippen molar-refractivity contribution in [1.82, 2.24) is 20.0 Å². The molecule has 3 amide bonds. The van der Waals surface area contributed by atoms with Crippen LogP contribution in [0.2, 0.25) is 0 Å². The van der Waals surface area contributed by atoms with Crippen molar-refractivity contribution in [1.29, 1.82) is 0 Å². The van der Waals surface area contributed by atoms with E-state index in [1.165, 1.54) is 0 Å². The molecule has 3 rings (SSSR count). The maximum Gasteiger partial charge on any atom is 0.472 e. The summed E-state index contributed by atoms with van der Waals surface area (Å²) in [5.41, 5.74) is 0. The predicted molar refractivity (Wildman–Crippen MR) is 355 cm³/mol. The number of carbonyl (C=O) groups excluding carboxylic acids is 6. The monoisotopic (exact) mass is 1310 g/mol. The summed E-state index contributed by atoms with van der Waals surface area (Å²) in [5.74, 6) is 4.48. The minimum atomic E-state index is -4.55. The summed E-state index contributed by atoms with van der Waals surface area (Å²) in [6.45, 7) is 30.7. The number of ketones is 3. The van der Waals surface area contributed by atoms with Crippen LogP contribution in [-0.2, 0) is 61.3 Å². The summed E-state index contributed by atoms with van der Waals surface area (Å²) in [7, 11) is 2.25. The van der Waals surface area contributed by atoms with Gasteiger partial charge in [-0.05, 0) is 120 Å². The number of likely N-dealkylation sites (tertiary alicyclic amines) is 3. The molecule has 0 radical (unpaired) electrons. The molecular weight excluding hydrogens is 1200 g/mol. The van der Waals surface area contributed by atoms with Gasteiger partial charge in [-0.3, -0.25) is 37.8 Å². The highest BCUT2D eigenvalue weighted by Crippen LogP contribution is 2.47. The van der Waals surface area contributed by atoms with Crippen molar-refractivity contribution in [3.05, 3.63) is 0 Å². The zero-order valence-corrected chi connectivity index (χ0v) is 59.6. The molecule has 0 aromatic rings. The predicted octanol–water partition coefficient (Wildman–Crippen LogP) is 12.7. The zero-order valence-electron chi connectivity index (χ0n) is 55.4. The highest BCUT2D eigenvalue weighted by atomic mass is 33.1. The fourth-order valence-electron chi connectivity index (χ4n) is 10.2. The van der Waals surface area contributed by atoms with Gasteiger partial charge in [-0.1, -0.05) is 104 Å². The number of nitrogens with zero attached hydrogens (tertiary/aromatic N) is 3. The number of hydrogen-bond acceptors (Lipinski definition) is 18. The van der Waals surface area contributed by atoms with Crippen molar-refractivity contribution >= 4 is 86.1 Å². The molecule has 0 aromatic heterocycles. The van der Waals surface area contributed by atoms with Crippen LogP contribution in [0.3, 0.4) is 0 Å². The van der Waals surface area contributed by atoms with Crippen LogP contribution in [0.4, 0.5) is 0 Å². The first-order chi connectivity index (χ1) is 40.7. The molecule has 86 heavy (non-hydrogen) atoms. The van der Waals surface area contributed by atoms with E-state index in [0.29, 0.717) is 115 Å². The van der Waals surface area contributed by atoms with E-state index in [9.17, 15) is 38.2 Å². The number of ether oxygens (including phenoxy) is 4. The largest absolute Gasteiger partial charge is 0.472 e. The van der Waals surface area contributed by atoms with Gasteiger partial charge in [0.1, 0.15) is 17.3 Å². The van der Waals surface area contributed by atoms with Gasteiger partial charge in [0.25, 0.3) is 0 Å². The van der Waals surface area contributed by atoms with Gasteiger partial charge in [0.05, 0.1) is 80.7 Å². The van der Waals surface area contributed by atoms with E-state index in [0.717, 1.165) is 80.9 Å². The van der Waals surface area contributed by atoms with E-state index in [1.807, 2.05) is 88.0 Å². The van der Waals surface area contributed by atoms with Gasteiger partial charge in [-0.2, -0.15) is 0 Å². The third kappa shape index (κ3) is 37.3. The third-order valence-electron chi connectivity index (χ3n) is 14.8. The highest BCUT2D eigenvalue weighted by molar-refractivity contribution is 8.77. The topological polar surface area (TPSA) is 217 Å². The normalized spacial score (nSPS) is 20.6. The molecule has 3 fully saturated rings. The van der Waals surface area contributed by atoms with Crippen molar-refractivity contribution < 1.29 is 66.2 Å². The molecule has 3 heterocycles. The van der Waals surface area contributed by atoms with Gasteiger partial charge in [-0.25, -0.2) is 4.57 Å². The average Bonchev–Trinajstić information content (AvgIpc) is 4.16. The highest BCUT2D eigenvalue weighted by Gasteiger charge is 2.42. The lowest BCUT2D eigenvalue weighted by Crippen LogP contribution is -2.39. The van der Waals surface area contributed by atoms with Gasteiger partial charge in [-0.15, -0.1) is 0 Å². The molecule has 0 aromatic carbocycles. The second-order valence-electron chi connectivity index (χ2n) is 25.3. The Morgan fingerprint density at radius 2 is 0.837 bits per heavy atom. The van der Waals surface area contributed by atoms with Crippen LogP contribution in [0.15, 0.2) is 0 Å². The number of rotatable bonds is 47. The van der Waals surface area contributed by atoms with E-state index in [2.05, 4.69) is 19.2 Å². The van der Waals surface area contributed by atoms with Crippen molar-refractivity contribution in [2.45, 2.75) is 286 Å². The lowest BCUT2D eigenvalue weighted by Gasteiger charge is -2.26. The first-order valence-electron chi connectivity index (χ1n) is 32.5. The van der Waals surface area contributed by atoms with Crippen LogP contribution in [0.25, 0.3) is 0 Å². The average molecular weight is 1310 g/mol. The van der Waals surface area contributed by atoms with Gasteiger partial charge >= 0.3 is 7.82 Å². The quantitative estimate of drug-likeness (QED) is 0.0329. The Labute approximate surface area is 535 Å². The number of phosphoric ester groups is 1. The molecule has 3 saturated heterocycles. The SMILES string of the molecule is CC(C)NCCCCCC(=O)CCCCCCC(=O)N1C[C@H](OC(C)C)C[C@H]1COP(=O)(O)O[C@@H]1C[C@@H](COC(C)C)N(C(=O)CCCSSCCC(=O)C(C)C)C1.CC(C)OC[C@@H]1C[C@@H](OC(C)C)CN1C(=O)CCCSSCCC(=O)C(C)C. The maximum atomic E-state index is 13.4. The molecular formula is C63H117N4O14PS4. The van der Waals surface area contributed by atoms with Gasteiger partial charge < -0.3 is 43.9 Å². The van der Waals surface area contributed by atoms with E-state index in [1.54, 1.807) is 53.0 Å². The zero-order chi connectivity index (χ0) is 64.2. The standard InChI is InChI=1S/C42H78N3O10PS2.C21H39NO4S2/c1-31(2)40(47)21-24-58-57-23-16-20-42(49)45-28-39(26-35(45)29-52-33(5)6)55-56(50,51)53-30-36-25-38(54-34(7)8)27-44(36)41(48)19-14-10-9-12-17-37(46)18-13-11-15-22-43-32(3)4;1-15(2)20(23)9-11-28-27-10-7-8-21(24)22-13-19(26-17(5)6)12-18(22)14-25-16(3)4/h31-36,38-39,43H,9-30H2,1-8H3,(H,50,51);15-19H,7-14H2,1-6H3/t35-,36-,38+,39+;18-,19+/m00/s1. The Hall–Kier alpha value is -1.27. The van der Waals surface area contributed by atoms with Gasteiger partial charge in [0.2, 0.25) is 17.7 Å². The summed E-state index contributed by atoms with van der Waals surface area (Å²) in [5, 5.41) is 3.40. The number of phosphoric acid groups is 1. The van der Waals surface area contributed by atoms with Crippen molar-refractivity contribution in [2.75, 3.05) is 69.0 Å². The smallest absolute Gasteiger partial charge is 0.377 e. The van der Waals surface area contributed by atoms with Crippen LogP contribution in [0.5, 0.6) is 0 Å². The van der Waals surface area contributed by atoms with Gasteiger partial charge in [0, 0.05) is 105 Å². The molecule has 0 bridgehead atoms. The molecule has 2 N–H and O–H groups in total. The van der Waals surface area contributed by atoms with Crippen LogP contribution < -0.4 is 5.32 Å². The molecule has 502 valence electrons. The van der Waals surface area contributed by atoms with Crippen LogP contribution in [0.1, 0.15) is 219 Å². The fraction of sp³-hybridized carbons (Fsp3) is 0.905. The molecule has 7 atom stereocenters. The molecule has 3 aliphatic rings. The molecule has 23 heteroatoms. The summed E-state index contributed by atoms with van der Waals surface area (Å²) in [6, 6.07) is -0.142. The molecule has 0 spiro atoms. The first-order valence-corrected chi connectivity index (χ1v) is 39.0. The summed E-state index contributed by atoms with van der Waals surface area (Å²) < 4.78 is 48.2. The summed E-state index contributed by atoms with van der Waals surface area (Å²) >= 11 is 0. The molecule has 18 nitrogen and oxygen atoms in total. The lowest BCUT2D eigenvalue weighted by atomic mass is 10.0. The lowest BCUT2D eigenvalue weighted by molar-refractivity contribution is -0.134. The molecule has 0 aliphatic carbocycles. The minimum absolute atomic E-state index is 0.0386. The van der Waals surface area contributed by atoms with Crippen LogP contribution in [-0.4, -0.2) is 191 Å². The number of nitrogens with one attached hydrogen (secondary N) is 1. The second-order valence-corrected chi connectivity index (χ2v) is 32.1. The Balaban J connectivity index is 0.000000751. The van der Waals surface area contributed by atoms with Crippen molar-refractivity contribution in [3.63, 3.8) is 0 Å². The Bertz CT molecular complexity index is 1970. The van der Waals surface area contributed by atoms with Gasteiger partial charge in [0.15, 0.2) is 0 Å². The number of carbonyl (C=O) groups is 6. The Kier molecular flexibility index (Phi) is 43.1. The second kappa shape index (κ2) is 45.9. The van der Waals surface area contributed by atoms with Crippen molar-refractivity contribution in [2.24, 2.45) is 11.8 Å². The van der Waals surface area contributed by atoms with Crippen LogP contribution >= 0.6 is 51.0 Å². The first kappa shape index (κ1) is 80.8. The number of unbranched alkanes of at least 4 members (excludes halogenated alkanes) is 5. The number of Topliss-reactive ketones (excluding diaryl/α,β-unsaturated/α-hetero) is 3. The van der Waals surface area contributed by atoms with Crippen LogP contribution in [0, 0.1) is 11.8 Å². The minimum Gasteiger partial charge on any atom is -0.377 e. The third-order valence-corrected chi connectivity index (χ3v) is 20.8. The van der Waals surface area contributed by atoms with E-state index >= 15 is 0 Å². The fourth-order valence-corrected chi connectivity index (χ4v) is 15.4. The summed E-state index contributed by atoms with van der Waals surface area (Å²) in [4.78, 5) is 91.5. The maximum absolute atomic E-state index is 13.4. The Morgan fingerprint density at radius 1 is 0.465 bits per heavy atom. The van der Waals surface area contributed by atoms with E-state index in [-0.39, 0.29) is 97.2 Å². The Morgan fingerprint density at radius 3 is 1.24 bits per heavy atom.